The van der Waals surface area contributed by atoms with Gasteiger partial charge in [0, 0.05) is 18.5 Å². The van der Waals surface area contributed by atoms with Crippen molar-refractivity contribution in [3.63, 3.8) is 0 Å². The Morgan fingerprint density at radius 3 is 2.90 bits per heavy atom. The molecule has 0 amide bonds. The van der Waals surface area contributed by atoms with E-state index in [1.807, 2.05) is 13.0 Å². The summed E-state index contributed by atoms with van der Waals surface area (Å²) in [6.45, 7) is 3.80. The number of ether oxygens (including phenoxy) is 2. The maximum absolute atomic E-state index is 12.7. The fraction of sp³-hybridized carbons (Fsp3) is 0.696. The molecular weight excluding hydrogens is 370 g/mol. The van der Waals surface area contributed by atoms with E-state index in [-0.39, 0.29) is 17.8 Å². The van der Waals surface area contributed by atoms with Crippen molar-refractivity contribution in [1.29, 1.82) is 0 Å². The lowest BCUT2D eigenvalue weighted by atomic mass is 9.48. The van der Waals surface area contributed by atoms with Gasteiger partial charge in [0.1, 0.15) is 11.7 Å². The van der Waals surface area contributed by atoms with E-state index in [2.05, 4.69) is 4.90 Å². The SMILES string of the molecule is CCC(=O)OC12CCC(O)[C@@H]3Oc4c(O)ccc5c4[C@@]31CCN(CC1CC1)C2C5. The van der Waals surface area contributed by atoms with Crippen molar-refractivity contribution in [1.82, 2.24) is 4.90 Å². The number of nitrogens with zero attached hydrogens (tertiary/aromatic N) is 1. The van der Waals surface area contributed by atoms with Gasteiger partial charge in [-0.05, 0) is 62.6 Å². The summed E-state index contributed by atoms with van der Waals surface area (Å²) in [6, 6.07) is 3.80. The summed E-state index contributed by atoms with van der Waals surface area (Å²) in [5, 5.41) is 21.5. The van der Waals surface area contributed by atoms with Crippen LogP contribution in [0.25, 0.3) is 0 Å². The van der Waals surface area contributed by atoms with Gasteiger partial charge in [-0.15, -0.1) is 0 Å². The van der Waals surface area contributed by atoms with E-state index in [1.165, 1.54) is 18.4 Å². The number of aliphatic hydroxyl groups is 1. The lowest BCUT2D eigenvalue weighted by Gasteiger charge is -2.64. The molecule has 3 aliphatic carbocycles. The average molecular weight is 399 g/mol. The molecule has 6 nitrogen and oxygen atoms in total. The lowest BCUT2D eigenvalue weighted by molar-refractivity contribution is -0.230. The van der Waals surface area contributed by atoms with Gasteiger partial charge in [-0.25, -0.2) is 0 Å². The molecule has 156 valence electrons. The minimum absolute atomic E-state index is 0.0916. The zero-order chi connectivity index (χ0) is 20.0. The second kappa shape index (κ2) is 5.88. The Bertz CT molecular complexity index is 882. The van der Waals surface area contributed by atoms with E-state index < -0.39 is 23.2 Å². The molecule has 3 unspecified atom stereocenters. The van der Waals surface area contributed by atoms with Gasteiger partial charge in [-0.2, -0.15) is 0 Å². The molecule has 3 fully saturated rings. The normalized spacial score (nSPS) is 39.6. The number of aliphatic hydroxyl groups excluding tert-OH is 1. The zero-order valence-corrected chi connectivity index (χ0v) is 16.9. The Morgan fingerprint density at radius 2 is 2.14 bits per heavy atom. The topological polar surface area (TPSA) is 79.2 Å². The van der Waals surface area contributed by atoms with Crippen LogP contribution in [0, 0.1) is 5.92 Å². The number of esters is 1. The lowest BCUT2D eigenvalue weighted by Crippen LogP contribution is -2.78. The molecular formula is C23H29NO5. The number of aromatic hydroxyl groups is 1. The summed E-state index contributed by atoms with van der Waals surface area (Å²) >= 11 is 0. The van der Waals surface area contributed by atoms with Crippen molar-refractivity contribution in [2.24, 2.45) is 5.92 Å². The Kier molecular flexibility index (Phi) is 3.66. The Morgan fingerprint density at radius 1 is 1.31 bits per heavy atom. The van der Waals surface area contributed by atoms with Crippen LogP contribution in [-0.2, 0) is 21.4 Å². The highest BCUT2D eigenvalue weighted by Gasteiger charge is 2.75. The second-order valence-electron chi connectivity index (χ2n) is 9.69. The van der Waals surface area contributed by atoms with Crippen molar-refractivity contribution in [3.8, 4) is 11.5 Å². The highest BCUT2D eigenvalue weighted by Crippen LogP contribution is 2.66. The molecule has 2 heterocycles. The molecule has 2 aliphatic heterocycles. The third-order valence-corrected chi connectivity index (χ3v) is 8.28. The molecule has 29 heavy (non-hydrogen) atoms. The molecule has 1 saturated heterocycles. The molecule has 6 heteroatoms. The van der Waals surface area contributed by atoms with E-state index >= 15 is 0 Å². The quantitative estimate of drug-likeness (QED) is 0.757. The van der Waals surface area contributed by atoms with Gasteiger partial charge in [-0.1, -0.05) is 13.0 Å². The Balaban J connectivity index is 1.58. The molecule has 2 saturated carbocycles. The van der Waals surface area contributed by atoms with Crippen molar-refractivity contribution in [2.75, 3.05) is 13.1 Å². The van der Waals surface area contributed by atoms with Crippen LogP contribution in [0.5, 0.6) is 11.5 Å². The number of hydrogen-bond acceptors (Lipinski definition) is 6. The van der Waals surface area contributed by atoms with Crippen molar-refractivity contribution < 1.29 is 24.5 Å². The highest BCUT2D eigenvalue weighted by molar-refractivity contribution is 5.71. The van der Waals surface area contributed by atoms with Crippen LogP contribution in [0.3, 0.4) is 0 Å². The van der Waals surface area contributed by atoms with E-state index in [9.17, 15) is 15.0 Å². The second-order valence-corrected chi connectivity index (χ2v) is 9.69. The number of hydrogen-bond donors (Lipinski definition) is 2. The molecule has 5 aliphatic rings. The van der Waals surface area contributed by atoms with Crippen molar-refractivity contribution in [3.05, 3.63) is 23.3 Å². The van der Waals surface area contributed by atoms with Gasteiger partial charge >= 0.3 is 5.97 Å². The number of phenols is 1. The molecule has 2 bridgehead atoms. The van der Waals surface area contributed by atoms with E-state index in [0.717, 1.165) is 37.4 Å². The third-order valence-electron chi connectivity index (χ3n) is 8.28. The standard InChI is InChI=1S/C23H29NO5/c1-2-18(27)29-23-8-7-16(26)21-22(23)9-10-24(12-13-3-4-13)17(23)11-14-5-6-15(25)20(28-21)19(14)22/h5-6,13,16-17,21,25-26H,2-4,7-12H2,1H3/t16?,17?,21-,22-,23?/m0/s1. The Labute approximate surface area is 170 Å². The first-order chi connectivity index (χ1) is 14.0. The van der Waals surface area contributed by atoms with Crippen LogP contribution in [0.1, 0.15) is 56.6 Å². The first kappa shape index (κ1) is 18.0. The van der Waals surface area contributed by atoms with Crippen LogP contribution >= 0.6 is 0 Å². The number of rotatable bonds is 4. The fourth-order valence-electron chi connectivity index (χ4n) is 6.91. The monoisotopic (exact) mass is 399 g/mol. The summed E-state index contributed by atoms with van der Waals surface area (Å²) < 4.78 is 12.7. The predicted octanol–water partition coefficient (Wildman–Crippen LogP) is 2.28. The van der Waals surface area contributed by atoms with Crippen LogP contribution < -0.4 is 4.74 Å². The third kappa shape index (κ3) is 2.17. The van der Waals surface area contributed by atoms with Crippen LogP contribution in [0.15, 0.2) is 12.1 Å². The average Bonchev–Trinajstić information content (AvgIpc) is 3.45. The summed E-state index contributed by atoms with van der Waals surface area (Å²) in [6.07, 6.45) is 4.55. The fourth-order valence-corrected chi connectivity index (χ4v) is 6.91. The number of piperidine rings is 1. The van der Waals surface area contributed by atoms with Gasteiger partial charge in [0.2, 0.25) is 0 Å². The number of benzene rings is 1. The molecule has 0 radical (unpaired) electrons. The first-order valence-corrected chi connectivity index (χ1v) is 11.2. The first-order valence-electron chi connectivity index (χ1n) is 11.2. The van der Waals surface area contributed by atoms with Gasteiger partial charge in [0.05, 0.1) is 17.6 Å². The predicted molar refractivity (Wildman–Crippen MR) is 105 cm³/mol. The van der Waals surface area contributed by atoms with Crippen LogP contribution in [0.2, 0.25) is 0 Å². The number of phenolic OH excluding ortho intramolecular Hbond substituents is 1. The highest BCUT2D eigenvalue weighted by atomic mass is 16.6. The van der Waals surface area contributed by atoms with Gasteiger partial charge in [0.25, 0.3) is 0 Å². The van der Waals surface area contributed by atoms with E-state index in [0.29, 0.717) is 25.0 Å². The summed E-state index contributed by atoms with van der Waals surface area (Å²) in [5.41, 5.74) is 0.876. The molecule has 1 spiro atoms. The maximum Gasteiger partial charge on any atom is 0.306 e. The molecule has 0 aromatic heterocycles. The maximum atomic E-state index is 12.7. The molecule has 2 N–H and O–H groups in total. The van der Waals surface area contributed by atoms with Gasteiger partial charge < -0.3 is 19.7 Å². The zero-order valence-electron chi connectivity index (χ0n) is 16.9. The van der Waals surface area contributed by atoms with E-state index in [1.54, 1.807) is 6.07 Å². The Hall–Kier alpha value is -1.79. The summed E-state index contributed by atoms with van der Waals surface area (Å²) in [4.78, 5) is 15.2. The number of carbonyl (C=O) groups excluding carboxylic acids is 1. The smallest absolute Gasteiger partial charge is 0.306 e. The number of carbonyl (C=O) groups is 1. The van der Waals surface area contributed by atoms with E-state index in [4.69, 9.17) is 9.47 Å². The molecule has 1 aromatic carbocycles. The molecule has 5 atom stereocenters. The summed E-state index contributed by atoms with van der Waals surface area (Å²) in [5.74, 6) is 1.19. The van der Waals surface area contributed by atoms with Gasteiger partial charge in [0.15, 0.2) is 11.5 Å². The molecule has 6 rings (SSSR count). The summed E-state index contributed by atoms with van der Waals surface area (Å²) in [7, 11) is 0. The van der Waals surface area contributed by atoms with Crippen molar-refractivity contribution in [2.45, 2.75) is 81.1 Å². The van der Waals surface area contributed by atoms with Gasteiger partial charge in [-0.3, -0.25) is 9.69 Å². The van der Waals surface area contributed by atoms with Crippen molar-refractivity contribution >= 4 is 5.97 Å². The minimum atomic E-state index is -0.705. The molecule has 1 aromatic rings. The largest absolute Gasteiger partial charge is 0.504 e. The number of likely N-dealkylation sites (tertiary alicyclic amines) is 1. The minimum Gasteiger partial charge on any atom is -0.504 e. The van der Waals surface area contributed by atoms with Crippen LogP contribution in [0.4, 0.5) is 0 Å². The van der Waals surface area contributed by atoms with Crippen LogP contribution in [-0.4, -0.2) is 58.0 Å².